The predicted molar refractivity (Wildman–Crippen MR) is 39.4 cm³/mol. The van der Waals surface area contributed by atoms with Crippen LogP contribution in [-0.4, -0.2) is 21.9 Å². The quantitative estimate of drug-likeness (QED) is 0.701. The summed E-state index contributed by atoms with van der Waals surface area (Å²) in [6.45, 7) is -1.36. The summed E-state index contributed by atoms with van der Waals surface area (Å²) in [7, 11) is 0. The van der Waals surface area contributed by atoms with Crippen molar-refractivity contribution in [1.29, 1.82) is 0 Å². The van der Waals surface area contributed by atoms with Crippen molar-refractivity contribution in [3.05, 3.63) is 28.9 Å². The van der Waals surface area contributed by atoms with Gasteiger partial charge in [-0.1, -0.05) is 0 Å². The van der Waals surface area contributed by atoms with Crippen molar-refractivity contribution in [2.45, 2.75) is 18.9 Å². The molecular weight excluding hydrogens is 204 g/mol. The van der Waals surface area contributed by atoms with Crippen molar-refractivity contribution in [1.82, 2.24) is 9.55 Å². The van der Waals surface area contributed by atoms with E-state index in [1.807, 2.05) is 0 Å². The summed E-state index contributed by atoms with van der Waals surface area (Å²) in [4.78, 5) is 13.9. The molecule has 0 saturated carbocycles. The maximum absolute atomic E-state index is 12.5. The molecule has 0 unspecified atom stereocenters. The lowest BCUT2D eigenvalue weighted by Gasteiger charge is -2.15. The molecule has 3 nitrogen and oxygen atoms in total. The van der Waals surface area contributed by atoms with E-state index in [0.29, 0.717) is 4.57 Å². The van der Waals surface area contributed by atoms with Gasteiger partial charge in [0.25, 0.3) is 0 Å². The van der Waals surface area contributed by atoms with Crippen LogP contribution in [0.4, 0.5) is 17.6 Å². The van der Waals surface area contributed by atoms with Gasteiger partial charge < -0.3 is 0 Å². The number of hydrogen-bond donors (Lipinski definition) is 0. The van der Waals surface area contributed by atoms with Crippen LogP contribution in [0, 0.1) is 0 Å². The van der Waals surface area contributed by atoms with E-state index in [9.17, 15) is 22.4 Å². The van der Waals surface area contributed by atoms with Gasteiger partial charge in [-0.3, -0.25) is 4.57 Å². The van der Waals surface area contributed by atoms with Crippen molar-refractivity contribution in [3.8, 4) is 0 Å². The Bertz CT molecular complexity index is 363. The van der Waals surface area contributed by atoms with Crippen LogP contribution in [0.5, 0.6) is 0 Å². The fourth-order valence-corrected chi connectivity index (χ4v) is 0.804. The summed E-state index contributed by atoms with van der Waals surface area (Å²) in [5.74, 6) is -4.22. The highest BCUT2D eigenvalue weighted by molar-refractivity contribution is 4.83. The lowest BCUT2D eigenvalue weighted by molar-refractivity contribution is -0.138. The first kappa shape index (κ1) is 10.7. The molecule has 1 rings (SSSR count). The highest BCUT2D eigenvalue weighted by Crippen LogP contribution is 2.23. The fourth-order valence-electron chi connectivity index (χ4n) is 0.804. The Labute approximate surface area is 76.0 Å². The predicted octanol–water partition coefficient (Wildman–Crippen LogP) is 1.14. The van der Waals surface area contributed by atoms with E-state index in [-0.39, 0.29) is 0 Å². The monoisotopic (exact) mass is 210 g/mol. The van der Waals surface area contributed by atoms with Gasteiger partial charge in [0.05, 0.1) is 6.54 Å². The number of halogens is 4. The molecule has 14 heavy (non-hydrogen) atoms. The molecule has 0 spiro atoms. The molecular formula is C7H6F4N2O. The topological polar surface area (TPSA) is 34.9 Å². The number of aromatic nitrogens is 2. The van der Waals surface area contributed by atoms with Crippen molar-refractivity contribution in [2.75, 3.05) is 0 Å². The molecule has 0 aliphatic carbocycles. The van der Waals surface area contributed by atoms with E-state index >= 15 is 0 Å². The molecule has 0 aliphatic heterocycles. The van der Waals surface area contributed by atoms with E-state index in [1.54, 1.807) is 0 Å². The van der Waals surface area contributed by atoms with Crippen LogP contribution in [-0.2, 0) is 6.54 Å². The number of rotatable bonds is 3. The van der Waals surface area contributed by atoms with Gasteiger partial charge >= 0.3 is 18.0 Å². The maximum atomic E-state index is 12.5. The molecule has 7 heteroatoms. The third kappa shape index (κ3) is 2.30. The Morgan fingerprint density at radius 3 is 2.64 bits per heavy atom. The Hall–Kier alpha value is -1.40. The summed E-state index contributed by atoms with van der Waals surface area (Å²) in [6, 6.07) is 1.21. The molecule has 0 saturated heterocycles. The minimum Gasteiger partial charge on any atom is -0.293 e. The molecule has 0 radical (unpaired) electrons. The van der Waals surface area contributed by atoms with Crippen LogP contribution in [0.25, 0.3) is 0 Å². The van der Waals surface area contributed by atoms with Gasteiger partial charge in [-0.15, -0.1) is 0 Å². The minimum atomic E-state index is -4.22. The van der Waals surface area contributed by atoms with Gasteiger partial charge in [-0.05, 0) is 6.07 Å². The minimum absolute atomic E-state index is 0.437. The normalized spacial score (nSPS) is 12.1. The molecule has 1 aromatic heterocycles. The second-order valence-electron chi connectivity index (χ2n) is 2.59. The summed E-state index contributed by atoms with van der Waals surface area (Å²) >= 11 is 0. The average molecular weight is 210 g/mol. The van der Waals surface area contributed by atoms with Gasteiger partial charge in [0.2, 0.25) is 0 Å². The van der Waals surface area contributed by atoms with Crippen molar-refractivity contribution in [2.24, 2.45) is 0 Å². The number of hydrogen-bond acceptors (Lipinski definition) is 2. The highest BCUT2D eigenvalue weighted by atomic mass is 19.3. The van der Waals surface area contributed by atoms with Crippen LogP contribution in [0.1, 0.15) is 0 Å². The van der Waals surface area contributed by atoms with E-state index in [0.717, 1.165) is 12.4 Å². The Morgan fingerprint density at radius 2 is 2.14 bits per heavy atom. The summed E-state index contributed by atoms with van der Waals surface area (Å²) in [6.07, 6.45) is -1.72. The van der Waals surface area contributed by atoms with Gasteiger partial charge in [0, 0.05) is 12.4 Å². The zero-order chi connectivity index (χ0) is 10.8. The second kappa shape index (κ2) is 3.77. The SMILES string of the molecule is O=c1ncccn1CC(F)(F)C(F)F. The molecule has 1 heterocycles. The molecule has 0 aliphatic rings. The fraction of sp³-hybridized carbons (Fsp3) is 0.429. The molecule has 0 atom stereocenters. The van der Waals surface area contributed by atoms with Crippen molar-refractivity contribution in [3.63, 3.8) is 0 Å². The zero-order valence-corrected chi connectivity index (χ0v) is 6.83. The lowest BCUT2D eigenvalue weighted by Crippen LogP contribution is -2.36. The third-order valence-electron chi connectivity index (χ3n) is 1.48. The molecule has 0 fully saturated rings. The maximum Gasteiger partial charge on any atom is 0.347 e. The average Bonchev–Trinajstić information content (AvgIpc) is 2.08. The zero-order valence-electron chi connectivity index (χ0n) is 6.83. The van der Waals surface area contributed by atoms with E-state index in [2.05, 4.69) is 4.98 Å². The van der Waals surface area contributed by atoms with Crippen LogP contribution in [0.2, 0.25) is 0 Å². The van der Waals surface area contributed by atoms with Crippen LogP contribution < -0.4 is 5.69 Å². The lowest BCUT2D eigenvalue weighted by atomic mass is 10.3. The summed E-state index contributed by atoms with van der Waals surface area (Å²) in [5.41, 5.74) is -0.979. The first-order valence-electron chi connectivity index (χ1n) is 3.61. The first-order valence-corrected chi connectivity index (χ1v) is 3.61. The van der Waals surface area contributed by atoms with Crippen LogP contribution >= 0.6 is 0 Å². The molecule has 78 valence electrons. The van der Waals surface area contributed by atoms with Gasteiger partial charge in [-0.25, -0.2) is 18.6 Å². The molecule has 0 aromatic carbocycles. The smallest absolute Gasteiger partial charge is 0.293 e. The van der Waals surface area contributed by atoms with E-state index in [4.69, 9.17) is 0 Å². The highest BCUT2D eigenvalue weighted by Gasteiger charge is 2.41. The number of alkyl halides is 4. The molecule has 1 aromatic rings. The van der Waals surface area contributed by atoms with Gasteiger partial charge in [0.1, 0.15) is 0 Å². The summed E-state index contributed by atoms with van der Waals surface area (Å²) in [5, 5.41) is 0. The first-order chi connectivity index (χ1) is 6.43. The van der Waals surface area contributed by atoms with Crippen molar-refractivity contribution < 1.29 is 17.6 Å². The molecule has 0 amide bonds. The van der Waals surface area contributed by atoms with Gasteiger partial charge in [0.15, 0.2) is 0 Å². The Balaban J connectivity index is 2.89. The second-order valence-corrected chi connectivity index (χ2v) is 2.59. The van der Waals surface area contributed by atoms with Crippen molar-refractivity contribution >= 4 is 0 Å². The molecule has 0 bridgehead atoms. The standard InChI is InChI=1S/C7H6F4N2O/c8-5(9)7(10,11)4-13-3-1-2-12-6(13)14/h1-3,5H,4H2. The van der Waals surface area contributed by atoms with Gasteiger partial charge in [-0.2, -0.15) is 8.78 Å². The summed E-state index contributed by atoms with van der Waals surface area (Å²) < 4.78 is 48.9. The van der Waals surface area contributed by atoms with E-state index in [1.165, 1.54) is 6.07 Å². The van der Waals surface area contributed by atoms with Crippen LogP contribution in [0.3, 0.4) is 0 Å². The van der Waals surface area contributed by atoms with E-state index < -0.39 is 24.6 Å². The third-order valence-corrected chi connectivity index (χ3v) is 1.48. The number of nitrogens with zero attached hydrogens (tertiary/aromatic N) is 2. The Kier molecular flexibility index (Phi) is 2.87. The molecule has 0 N–H and O–H groups in total. The van der Waals surface area contributed by atoms with Crippen LogP contribution in [0.15, 0.2) is 23.3 Å². The largest absolute Gasteiger partial charge is 0.347 e. The Morgan fingerprint density at radius 1 is 1.50 bits per heavy atom.